The summed E-state index contributed by atoms with van der Waals surface area (Å²) < 4.78 is 11.3. The van der Waals surface area contributed by atoms with Crippen molar-refractivity contribution in [3.8, 4) is 6.07 Å². The molecule has 0 radical (unpaired) electrons. The van der Waals surface area contributed by atoms with Gasteiger partial charge < -0.3 is 9.47 Å². The molecule has 1 fully saturated rings. The van der Waals surface area contributed by atoms with Crippen molar-refractivity contribution >= 4 is 0 Å². The molecular formula is C14H15NO2. The molecule has 0 saturated carbocycles. The van der Waals surface area contributed by atoms with Gasteiger partial charge in [-0.15, -0.1) is 0 Å². The summed E-state index contributed by atoms with van der Waals surface area (Å²) in [4.78, 5) is 0. The fourth-order valence-corrected chi connectivity index (χ4v) is 1.81. The fourth-order valence-electron chi connectivity index (χ4n) is 1.81. The van der Waals surface area contributed by atoms with Gasteiger partial charge in [-0.25, -0.2) is 0 Å². The van der Waals surface area contributed by atoms with Gasteiger partial charge >= 0.3 is 0 Å². The Hall–Kier alpha value is -1.63. The second kappa shape index (κ2) is 5.62. The van der Waals surface area contributed by atoms with E-state index in [2.05, 4.69) is 12.1 Å². The minimum atomic E-state index is -0.302. The Morgan fingerprint density at radius 1 is 1.24 bits per heavy atom. The van der Waals surface area contributed by atoms with Crippen LogP contribution in [0.1, 0.15) is 24.3 Å². The van der Waals surface area contributed by atoms with E-state index < -0.39 is 0 Å². The van der Waals surface area contributed by atoms with Crippen LogP contribution < -0.4 is 0 Å². The van der Waals surface area contributed by atoms with E-state index in [1.807, 2.05) is 25.1 Å². The number of benzene rings is 1. The Morgan fingerprint density at radius 2 is 1.88 bits per heavy atom. The molecule has 3 nitrogen and oxygen atoms in total. The monoisotopic (exact) mass is 229 g/mol. The maximum atomic E-state index is 8.71. The molecule has 0 unspecified atom stereocenters. The summed E-state index contributed by atoms with van der Waals surface area (Å²) in [5, 5.41) is 8.71. The van der Waals surface area contributed by atoms with E-state index in [1.54, 1.807) is 12.1 Å². The van der Waals surface area contributed by atoms with Crippen LogP contribution in [0.4, 0.5) is 0 Å². The lowest BCUT2D eigenvalue weighted by atomic mass is 10.1. The van der Waals surface area contributed by atoms with Gasteiger partial charge in [0.05, 0.1) is 24.8 Å². The number of hydrogen-bond donors (Lipinski definition) is 0. The summed E-state index contributed by atoms with van der Waals surface area (Å²) in [5.41, 5.74) is 1.61. The van der Waals surface area contributed by atoms with Crippen LogP contribution in [-0.2, 0) is 9.47 Å². The molecule has 88 valence electrons. The SMILES string of the molecule is CC=CC1COC(c2ccc(C#N)cc2)OC1. The first-order valence-corrected chi connectivity index (χ1v) is 5.69. The first-order chi connectivity index (χ1) is 8.33. The minimum Gasteiger partial charge on any atom is -0.348 e. The summed E-state index contributed by atoms with van der Waals surface area (Å²) in [6.45, 7) is 3.34. The molecule has 3 heteroatoms. The van der Waals surface area contributed by atoms with E-state index in [1.165, 1.54) is 0 Å². The van der Waals surface area contributed by atoms with Gasteiger partial charge in [0.15, 0.2) is 6.29 Å². The van der Waals surface area contributed by atoms with Crippen molar-refractivity contribution in [2.75, 3.05) is 13.2 Å². The Balaban J connectivity index is 1.98. The predicted molar refractivity (Wildman–Crippen MR) is 64.1 cm³/mol. The smallest absolute Gasteiger partial charge is 0.183 e. The summed E-state index contributed by atoms with van der Waals surface area (Å²) in [6.07, 6.45) is 3.80. The average Bonchev–Trinajstić information content (AvgIpc) is 2.40. The minimum absolute atomic E-state index is 0.302. The number of nitriles is 1. The topological polar surface area (TPSA) is 42.2 Å². The van der Waals surface area contributed by atoms with E-state index in [-0.39, 0.29) is 6.29 Å². The highest BCUT2D eigenvalue weighted by atomic mass is 16.7. The molecule has 1 aliphatic heterocycles. The van der Waals surface area contributed by atoms with Gasteiger partial charge in [-0.3, -0.25) is 0 Å². The van der Waals surface area contributed by atoms with Gasteiger partial charge in [0, 0.05) is 11.5 Å². The third kappa shape index (κ3) is 2.94. The summed E-state index contributed by atoms with van der Waals surface area (Å²) in [7, 11) is 0. The highest BCUT2D eigenvalue weighted by Gasteiger charge is 2.21. The van der Waals surface area contributed by atoms with Crippen LogP contribution >= 0.6 is 0 Å². The van der Waals surface area contributed by atoms with Gasteiger partial charge in [-0.05, 0) is 19.1 Å². The number of nitrogens with zero attached hydrogens (tertiary/aromatic N) is 1. The molecule has 0 aliphatic carbocycles. The summed E-state index contributed by atoms with van der Waals surface area (Å²) >= 11 is 0. The van der Waals surface area contributed by atoms with Crippen molar-refractivity contribution in [3.63, 3.8) is 0 Å². The quantitative estimate of drug-likeness (QED) is 0.732. The first-order valence-electron chi connectivity index (χ1n) is 5.69. The second-order valence-electron chi connectivity index (χ2n) is 4.02. The largest absolute Gasteiger partial charge is 0.348 e. The van der Waals surface area contributed by atoms with Crippen molar-refractivity contribution in [3.05, 3.63) is 47.5 Å². The molecule has 0 aromatic heterocycles. The van der Waals surface area contributed by atoms with E-state index in [0.717, 1.165) is 5.56 Å². The number of allylic oxidation sites excluding steroid dienone is 1. The first kappa shape index (κ1) is 11.8. The standard InChI is InChI=1S/C14H15NO2/c1-2-3-12-9-16-14(17-10-12)13-6-4-11(8-15)5-7-13/h2-7,12,14H,9-10H2,1H3. The van der Waals surface area contributed by atoms with Crippen molar-refractivity contribution in [2.45, 2.75) is 13.2 Å². The van der Waals surface area contributed by atoms with Gasteiger partial charge in [-0.2, -0.15) is 5.26 Å². The van der Waals surface area contributed by atoms with Crippen LogP contribution in [0.3, 0.4) is 0 Å². The lowest BCUT2D eigenvalue weighted by Gasteiger charge is -2.28. The van der Waals surface area contributed by atoms with Crippen LogP contribution in [0.2, 0.25) is 0 Å². The van der Waals surface area contributed by atoms with Crippen molar-refractivity contribution in [2.24, 2.45) is 5.92 Å². The van der Waals surface area contributed by atoms with E-state index >= 15 is 0 Å². The number of rotatable bonds is 2. The van der Waals surface area contributed by atoms with Crippen molar-refractivity contribution in [1.82, 2.24) is 0 Å². The average molecular weight is 229 g/mol. The van der Waals surface area contributed by atoms with E-state index in [4.69, 9.17) is 14.7 Å². The second-order valence-corrected chi connectivity index (χ2v) is 4.02. The fraction of sp³-hybridized carbons (Fsp3) is 0.357. The lowest BCUT2D eigenvalue weighted by Crippen LogP contribution is -2.25. The van der Waals surface area contributed by atoms with Crippen LogP contribution in [0.5, 0.6) is 0 Å². The Kier molecular flexibility index (Phi) is 3.92. The predicted octanol–water partition coefficient (Wildman–Crippen LogP) is 2.80. The van der Waals surface area contributed by atoms with Crippen molar-refractivity contribution in [1.29, 1.82) is 5.26 Å². The number of ether oxygens (including phenoxy) is 2. The number of hydrogen-bond acceptors (Lipinski definition) is 3. The zero-order valence-corrected chi connectivity index (χ0v) is 9.80. The van der Waals surface area contributed by atoms with Crippen molar-refractivity contribution < 1.29 is 9.47 Å². The molecule has 0 bridgehead atoms. The molecular weight excluding hydrogens is 214 g/mol. The Labute approximate surface area is 101 Å². The van der Waals surface area contributed by atoms with Gasteiger partial charge in [0.2, 0.25) is 0 Å². The molecule has 1 aromatic rings. The zero-order chi connectivity index (χ0) is 12.1. The molecule has 1 aromatic carbocycles. The van der Waals surface area contributed by atoms with Crippen LogP contribution in [0, 0.1) is 17.2 Å². The Morgan fingerprint density at radius 3 is 2.41 bits per heavy atom. The van der Waals surface area contributed by atoms with Gasteiger partial charge in [0.25, 0.3) is 0 Å². The van der Waals surface area contributed by atoms with Crippen LogP contribution in [0.15, 0.2) is 36.4 Å². The highest BCUT2D eigenvalue weighted by molar-refractivity contribution is 5.32. The molecule has 1 saturated heterocycles. The maximum Gasteiger partial charge on any atom is 0.183 e. The third-order valence-corrected chi connectivity index (χ3v) is 2.70. The summed E-state index contributed by atoms with van der Waals surface area (Å²) in [6, 6.07) is 9.39. The van der Waals surface area contributed by atoms with Gasteiger partial charge in [0.1, 0.15) is 0 Å². The van der Waals surface area contributed by atoms with Crippen LogP contribution in [0.25, 0.3) is 0 Å². The summed E-state index contributed by atoms with van der Waals surface area (Å²) in [5.74, 6) is 0.342. The zero-order valence-electron chi connectivity index (χ0n) is 9.80. The molecule has 1 heterocycles. The normalized spacial score (nSPS) is 24.7. The molecule has 0 N–H and O–H groups in total. The molecule has 0 spiro atoms. The molecule has 0 atom stereocenters. The Bertz CT molecular complexity index is 423. The molecule has 1 aliphatic rings. The third-order valence-electron chi connectivity index (χ3n) is 2.70. The van der Waals surface area contributed by atoms with Gasteiger partial charge in [-0.1, -0.05) is 24.3 Å². The lowest BCUT2D eigenvalue weighted by molar-refractivity contribution is -0.197. The van der Waals surface area contributed by atoms with E-state index in [9.17, 15) is 0 Å². The van der Waals surface area contributed by atoms with E-state index in [0.29, 0.717) is 24.7 Å². The highest BCUT2D eigenvalue weighted by Crippen LogP contribution is 2.25. The molecule has 2 rings (SSSR count). The molecule has 17 heavy (non-hydrogen) atoms. The van der Waals surface area contributed by atoms with Crippen LogP contribution in [-0.4, -0.2) is 13.2 Å². The maximum absolute atomic E-state index is 8.71. The molecule has 0 amide bonds.